The van der Waals surface area contributed by atoms with E-state index in [-0.39, 0.29) is 5.41 Å². The lowest BCUT2D eigenvalue weighted by molar-refractivity contribution is 0.590. The molecule has 3 heteroatoms. The van der Waals surface area contributed by atoms with Gasteiger partial charge in [-0.15, -0.1) is 0 Å². The first kappa shape index (κ1) is 12.7. The van der Waals surface area contributed by atoms with E-state index < -0.39 is 0 Å². The summed E-state index contributed by atoms with van der Waals surface area (Å²) in [5.41, 5.74) is 10.7. The molecule has 0 radical (unpaired) electrons. The van der Waals surface area contributed by atoms with E-state index in [1.807, 2.05) is 6.07 Å². The maximum absolute atomic E-state index is 5.86. The van der Waals surface area contributed by atoms with Crippen LogP contribution in [0.2, 0.25) is 0 Å². The van der Waals surface area contributed by atoms with E-state index in [1.54, 1.807) is 0 Å². The number of nitrogens with two attached hydrogens (primary N) is 1. The van der Waals surface area contributed by atoms with Crippen molar-refractivity contribution in [2.24, 2.45) is 0 Å². The normalized spacial score (nSPS) is 11.9. The van der Waals surface area contributed by atoms with E-state index >= 15 is 0 Å². The first-order valence-corrected chi connectivity index (χ1v) is 6.80. The number of nitrogen functional groups attached to an aromatic ring is 1. The zero-order valence-corrected chi connectivity index (χ0v) is 12.1. The maximum atomic E-state index is 5.86. The van der Waals surface area contributed by atoms with Gasteiger partial charge >= 0.3 is 0 Å². The van der Waals surface area contributed by atoms with E-state index in [2.05, 4.69) is 67.4 Å². The highest BCUT2D eigenvalue weighted by Crippen LogP contribution is 2.29. The van der Waals surface area contributed by atoms with Crippen molar-refractivity contribution >= 4 is 16.7 Å². The Morgan fingerprint density at radius 1 is 0.950 bits per heavy atom. The van der Waals surface area contributed by atoms with Gasteiger partial charge in [0, 0.05) is 5.39 Å². The second-order valence-electron chi connectivity index (χ2n) is 6.20. The summed E-state index contributed by atoms with van der Waals surface area (Å²) in [6, 6.07) is 14.9. The minimum Gasteiger partial charge on any atom is -0.382 e. The summed E-state index contributed by atoms with van der Waals surface area (Å²) in [4.78, 5) is 0. The highest BCUT2D eigenvalue weighted by Gasteiger charge is 2.13. The number of hydrogen-bond donors (Lipinski definition) is 2. The molecule has 3 nitrogen and oxygen atoms in total. The van der Waals surface area contributed by atoms with Gasteiger partial charge in [0.25, 0.3) is 0 Å². The number of aromatic amines is 1. The van der Waals surface area contributed by atoms with Gasteiger partial charge in [0.1, 0.15) is 0 Å². The third-order valence-corrected chi connectivity index (χ3v) is 3.68. The van der Waals surface area contributed by atoms with Crippen LogP contribution >= 0.6 is 0 Å². The molecule has 0 unspecified atom stereocenters. The summed E-state index contributed by atoms with van der Waals surface area (Å²) in [5.74, 6) is 0.549. The quantitative estimate of drug-likeness (QED) is 0.695. The predicted octanol–water partition coefficient (Wildman–Crippen LogP) is 4.11. The van der Waals surface area contributed by atoms with Gasteiger partial charge in [-0.3, -0.25) is 5.10 Å². The molecule has 0 amide bonds. The topological polar surface area (TPSA) is 54.7 Å². The number of rotatable bonds is 1. The highest BCUT2D eigenvalue weighted by atomic mass is 15.1. The molecule has 1 aromatic heterocycles. The van der Waals surface area contributed by atoms with Gasteiger partial charge in [-0.25, -0.2) is 0 Å². The molecule has 0 bridgehead atoms. The first-order valence-electron chi connectivity index (χ1n) is 6.80. The van der Waals surface area contributed by atoms with Crippen LogP contribution in [0.4, 0.5) is 5.82 Å². The molecule has 1 heterocycles. The van der Waals surface area contributed by atoms with E-state index in [0.29, 0.717) is 5.82 Å². The number of nitrogens with zero attached hydrogens (tertiary/aromatic N) is 1. The second kappa shape index (κ2) is 4.37. The highest BCUT2D eigenvalue weighted by molar-refractivity contribution is 5.92. The Hall–Kier alpha value is -2.29. The molecule has 3 rings (SSSR count). The largest absolute Gasteiger partial charge is 0.382 e. The van der Waals surface area contributed by atoms with Gasteiger partial charge in [-0.05, 0) is 34.2 Å². The molecule has 0 saturated heterocycles. The van der Waals surface area contributed by atoms with Gasteiger partial charge in [-0.2, -0.15) is 5.10 Å². The Morgan fingerprint density at radius 3 is 2.25 bits per heavy atom. The second-order valence-corrected chi connectivity index (χ2v) is 6.20. The monoisotopic (exact) mass is 265 g/mol. The number of benzene rings is 2. The van der Waals surface area contributed by atoms with Crippen LogP contribution in [0, 0.1) is 0 Å². The van der Waals surface area contributed by atoms with Crippen molar-refractivity contribution in [3.8, 4) is 11.1 Å². The molecule has 3 aromatic rings. The molecule has 2 aromatic carbocycles. The molecular formula is C17H19N3. The van der Waals surface area contributed by atoms with E-state index in [4.69, 9.17) is 5.73 Å². The van der Waals surface area contributed by atoms with Gasteiger partial charge < -0.3 is 5.73 Å². The van der Waals surface area contributed by atoms with E-state index in [0.717, 1.165) is 16.5 Å². The fraction of sp³-hybridized carbons (Fsp3) is 0.235. The van der Waals surface area contributed by atoms with Crippen molar-refractivity contribution in [1.82, 2.24) is 10.2 Å². The Bertz CT molecular complexity index is 746. The van der Waals surface area contributed by atoms with Crippen molar-refractivity contribution in [3.05, 3.63) is 48.0 Å². The number of H-pyrrole nitrogens is 1. The van der Waals surface area contributed by atoms with Crippen LogP contribution in [0.5, 0.6) is 0 Å². The Kier molecular flexibility index (Phi) is 2.78. The number of nitrogens with one attached hydrogen (secondary N) is 1. The van der Waals surface area contributed by atoms with E-state index in [1.165, 1.54) is 11.1 Å². The average Bonchev–Trinajstić information content (AvgIpc) is 2.79. The molecule has 0 aliphatic carbocycles. The summed E-state index contributed by atoms with van der Waals surface area (Å²) in [6.45, 7) is 6.67. The lowest BCUT2D eigenvalue weighted by Crippen LogP contribution is -2.10. The minimum absolute atomic E-state index is 0.178. The fourth-order valence-electron chi connectivity index (χ4n) is 2.38. The molecule has 20 heavy (non-hydrogen) atoms. The predicted molar refractivity (Wildman–Crippen MR) is 84.6 cm³/mol. The Morgan fingerprint density at radius 2 is 1.60 bits per heavy atom. The smallest absolute Gasteiger partial charge is 0.153 e. The molecule has 0 aliphatic rings. The third kappa shape index (κ3) is 2.16. The fourth-order valence-corrected chi connectivity index (χ4v) is 2.38. The van der Waals surface area contributed by atoms with Crippen LogP contribution in [-0.2, 0) is 5.41 Å². The number of aromatic nitrogens is 2. The zero-order valence-electron chi connectivity index (χ0n) is 12.1. The molecule has 3 N–H and O–H groups in total. The summed E-state index contributed by atoms with van der Waals surface area (Å²) >= 11 is 0. The van der Waals surface area contributed by atoms with Crippen LogP contribution in [0.3, 0.4) is 0 Å². The summed E-state index contributed by atoms with van der Waals surface area (Å²) < 4.78 is 0. The van der Waals surface area contributed by atoms with Crippen LogP contribution in [0.1, 0.15) is 26.3 Å². The standard InChI is InChI=1S/C17H19N3/c1-17(2,3)13-7-4-11(5-8-13)12-6-9-15-14(10-12)16(18)20-19-15/h4-10H,1-3H3,(H3,18,19,20). The zero-order chi connectivity index (χ0) is 14.3. The molecule has 0 aliphatic heterocycles. The van der Waals surface area contributed by atoms with Crippen LogP contribution in [-0.4, -0.2) is 10.2 Å². The van der Waals surface area contributed by atoms with Crippen LogP contribution < -0.4 is 5.73 Å². The van der Waals surface area contributed by atoms with E-state index in [9.17, 15) is 0 Å². The maximum Gasteiger partial charge on any atom is 0.153 e. The van der Waals surface area contributed by atoms with Crippen molar-refractivity contribution in [1.29, 1.82) is 0 Å². The molecule has 0 atom stereocenters. The SMILES string of the molecule is CC(C)(C)c1ccc(-c2ccc3[nH]nc(N)c3c2)cc1. The van der Waals surface area contributed by atoms with Gasteiger partial charge in [0.2, 0.25) is 0 Å². The average molecular weight is 265 g/mol. The molecule has 0 saturated carbocycles. The summed E-state index contributed by atoms with van der Waals surface area (Å²) in [7, 11) is 0. The molecule has 0 spiro atoms. The molecule has 102 valence electrons. The minimum atomic E-state index is 0.178. The van der Waals surface area contributed by atoms with Crippen molar-refractivity contribution in [2.75, 3.05) is 5.73 Å². The lowest BCUT2D eigenvalue weighted by Gasteiger charge is -2.19. The summed E-state index contributed by atoms with van der Waals surface area (Å²) in [5, 5.41) is 7.92. The van der Waals surface area contributed by atoms with Gasteiger partial charge in [0.05, 0.1) is 5.52 Å². The van der Waals surface area contributed by atoms with Crippen molar-refractivity contribution < 1.29 is 0 Å². The van der Waals surface area contributed by atoms with Crippen molar-refractivity contribution in [3.63, 3.8) is 0 Å². The van der Waals surface area contributed by atoms with Crippen LogP contribution in [0.15, 0.2) is 42.5 Å². The first-order chi connectivity index (χ1) is 9.45. The summed E-state index contributed by atoms with van der Waals surface area (Å²) in [6.07, 6.45) is 0. The number of hydrogen-bond acceptors (Lipinski definition) is 2. The van der Waals surface area contributed by atoms with Crippen LogP contribution in [0.25, 0.3) is 22.0 Å². The number of fused-ring (bicyclic) bond motifs is 1. The van der Waals surface area contributed by atoms with Gasteiger partial charge in [0.15, 0.2) is 5.82 Å². The number of anilines is 1. The Balaban J connectivity index is 2.04. The van der Waals surface area contributed by atoms with Gasteiger partial charge in [-0.1, -0.05) is 51.1 Å². The van der Waals surface area contributed by atoms with Crippen molar-refractivity contribution in [2.45, 2.75) is 26.2 Å². The lowest BCUT2D eigenvalue weighted by atomic mass is 9.86. The third-order valence-electron chi connectivity index (χ3n) is 3.68. The Labute approximate surface area is 118 Å². The molecular weight excluding hydrogens is 246 g/mol. The molecule has 0 fully saturated rings.